The van der Waals surface area contributed by atoms with Crippen LogP contribution in [-0.2, 0) is 6.54 Å². The van der Waals surface area contributed by atoms with Crippen LogP contribution in [-0.4, -0.2) is 17.0 Å². The highest BCUT2D eigenvalue weighted by Crippen LogP contribution is 2.18. The molecule has 1 heterocycles. The highest BCUT2D eigenvalue weighted by atomic mass is 127. The van der Waals surface area contributed by atoms with Gasteiger partial charge in [-0.1, -0.05) is 0 Å². The average Bonchev–Trinajstić information content (AvgIpc) is 2.77. The van der Waals surface area contributed by atoms with E-state index in [0.29, 0.717) is 12.5 Å². The number of benzene rings is 1. The molecule has 3 N–H and O–H groups in total. The Morgan fingerprint density at radius 1 is 1.30 bits per heavy atom. The first-order valence-corrected chi connectivity index (χ1v) is 8.02. The fraction of sp³-hybridized carbons (Fsp3) is 0.375. The van der Waals surface area contributed by atoms with E-state index in [2.05, 4.69) is 22.2 Å². The summed E-state index contributed by atoms with van der Waals surface area (Å²) in [5.41, 5.74) is 7.84. The molecule has 0 aliphatic heterocycles. The second kappa shape index (κ2) is 9.07. The van der Waals surface area contributed by atoms with Gasteiger partial charge in [0, 0.05) is 10.6 Å². The van der Waals surface area contributed by atoms with Crippen LogP contribution in [0.25, 0.3) is 0 Å². The van der Waals surface area contributed by atoms with Crippen molar-refractivity contribution in [2.45, 2.75) is 40.3 Å². The number of nitrogens with zero attached hydrogens (tertiary/aromatic N) is 2. The van der Waals surface area contributed by atoms with Gasteiger partial charge in [-0.3, -0.25) is 0 Å². The molecule has 0 bridgehead atoms. The number of aromatic nitrogens is 1. The molecule has 0 aliphatic rings. The zero-order valence-electron chi connectivity index (χ0n) is 13.8. The third-order valence-electron chi connectivity index (χ3n) is 2.96. The van der Waals surface area contributed by atoms with Gasteiger partial charge in [-0.25, -0.2) is 9.98 Å². The number of guanidine groups is 1. The van der Waals surface area contributed by atoms with Gasteiger partial charge in [0.25, 0.3) is 0 Å². The van der Waals surface area contributed by atoms with Crippen molar-refractivity contribution in [1.29, 1.82) is 0 Å². The molecule has 0 fully saturated rings. The van der Waals surface area contributed by atoms with E-state index in [4.69, 9.17) is 10.5 Å². The number of aryl methyl sites for hydroxylation is 2. The second-order valence-electron chi connectivity index (χ2n) is 5.27. The summed E-state index contributed by atoms with van der Waals surface area (Å²) in [6, 6.07) is 7.64. The predicted octanol–water partition coefficient (Wildman–Crippen LogP) is 4.09. The fourth-order valence-electron chi connectivity index (χ4n) is 1.84. The first kappa shape index (κ1) is 19.7. The van der Waals surface area contributed by atoms with Crippen molar-refractivity contribution in [3.8, 4) is 5.75 Å². The maximum Gasteiger partial charge on any atom is 0.193 e. The lowest BCUT2D eigenvalue weighted by atomic mass is 10.3. The van der Waals surface area contributed by atoms with Gasteiger partial charge in [-0.2, -0.15) is 0 Å². The van der Waals surface area contributed by atoms with Gasteiger partial charge in [0.05, 0.1) is 18.3 Å². The Kier molecular flexibility index (Phi) is 7.77. The van der Waals surface area contributed by atoms with Gasteiger partial charge < -0.3 is 15.8 Å². The number of halogens is 1. The predicted molar refractivity (Wildman–Crippen MR) is 108 cm³/mol. The third kappa shape index (κ3) is 6.34. The van der Waals surface area contributed by atoms with E-state index in [1.54, 1.807) is 11.3 Å². The third-order valence-corrected chi connectivity index (χ3v) is 4.01. The summed E-state index contributed by atoms with van der Waals surface area (Å²) in [5.74, 6) is 1.22. The Labute approximate surface area is 158 Å². The van der Waals surface area contributed by atoms with E-state index in [1.807, 2.05) is 45.0 Å². The van der Waals surface area contributed by atoms with Crippen molar-refractivity contribution >= 4 is 47.0 Å². The number of hydrogen-bond donors (Lipinski definition) is 2. The van der Waals surface area contributed by atoms with E-state index < -0.39 is 0 Å². The maximum atomic E-state index is 5.90. The zero-order chi connectivity index (χ0) is 16.1. The van der Waals surface area contributed by atoms with Gasteiger partial charge in [-0.05, 0) is 52.0 Å². The van der Waals surface area contributed by atoms with Gasteiger partial charge >= 0.3 is 0 Å². The molecule has 23 heavy (non-hydrogen) atoms. The number of anilines is 1. The molecule has 1 aromatic heterocycles. The summed E-state index contributed by atoms with van der Waals surface area (Å²) >= 11 is 1.65. The Morgan fingerprint density at radius 3 is 2.48 bits per heavy atom. The van der Waals surface area contributed by atoms with E-state index in [-0.39, 0.29) is 30.1 Å². The van der Waals surface area contributed by atoms with Crippen LogP contribution in [0.3, 0.4) is 0 Å². The minimum absolute atomic E-state index is 0. The van der Waals surface area contributed by atoms with Crippen LogP contribution in [0, 0.1) is 13.8 Å². The molecule has 0 unspecified atom stereocenters. The number of nitrogens with one attached hydrogen (secondary N) is 1. The van der Waals surface area contributed by atoms with Crippen LogP contribution in [0.5, 0.6) is 5.75 Å². The van der Waals surface area contributed by atoms with E-state index >= 15 is 0 Å². The number of rotatable bonds is 5. The number of aliphatic imine (C=N–C) groups is 1. The first-order valence-electron chi connectivity index (χ1n) is 7.20. The Bertz CT molecular complexity index is 633. The van der Waals surface area contributed by atoms with Crippen molar-refractivity contribution < 1.29 is 4.74 Å². The first-order chi connectivity index (χ1) is 10.4. The molecule has 0 saturated carbocycles. The lowest BCUT2D eigenvalue weighted by Gasteiger charge is -2.10. The van der Waals surface area contributed by atoms with Gasteiger partial charge in [0.2, 0.25) is 0 Å². The van der Waals surface area contributed by atoms with Crippen molar-refractivity contribution in [2.75, 3.05) is 5.32 Å². The minimum Gasteiger partial charge on any atom is -0.491 e. The summed E-state index contributed by atoms with van der Waals surface area (Å²) in [6.07, 6.45) is 0.163. The highest BCUT2D eigenvalue weighted by molar-refractivity contribution is 14.0. The second-order valence-corrected chi connectivity index (χ2v) is 6.55. The summed E-state index contributed by atoms with van der Waals surface area (Å²) in [5, 5.41) is 4.04. The standard InChI is InChI=1S/C16H22N4OS.HI/c1-10(2)21-14-7-5-13(6-8-14)20-16(17)18-9-15-19-11(3)12(4)22-15;/h5-8,10H,9H2,1-4H3,(H3,17,18,20);1H. The van der Waals surface area contributed by atoms with Gasteiger partial charge in [-0.15, -0.1) is 35.3 Å². The monoisotopic (exact) mass is 446 g/mol. The van der Waals surface area contributed by atoms with Crippen LogP contribution < -0.4 is 15.8 Å². The summed E-state index contributed by atoms with van der Waals surface area (Å²) in [6.45, 7) is 8.55. The molecule has 2 aromatic rings. The largest absolute Gasteiger partial charge is 0.491 e. The van der Waals surface area contributed by atoms with Gasteiger partial charge in [0.15, 0.2) is 5.96 Å². The summed E-state index contributed by atoms with van der Waals surface area (Å²) in [7, 11) is 0. The summed E-state index contributed by atoms with van der Waals surface area (Å²) < 4.78 is 5.60. The van der Waals surface area contributed by atoms with Crippen molar-refractivity contribution in [2.24, 2.45) is 10.7 Å². The quantitative estimate of drug-likeness (QED) is 0.412. The van der Waals surface area contributed by atoms with Crippen LogP contribution in [0.2, 0.25) is 0 Å². The number of thiazole rings is 1. The molecule has 7 heteroatoms. The zero-order valence-corrected chi connectivity index (χ0v) is 16.9. The Hall–Kier alpha value is -1.35. The lowest BCUT2D eigenvalue weighted by Crippen LogP contribution is -2.22. The molecular formula is C16H23IN4OS. The average molecular weight is 446 g/mol. The molecule has 0 saturated heterocycles. The topological polar surface area (TPSA) is 72.5 Å². The highest BCUT2D eigenvalue weighted by Gasteiger charge is 2.03. The lowest BCUT2D eigenvalue weighted by molar-refractivity contribution is 0.242. The summed E-state index contributed by atoms with van der Waals surface area (Å²) in [4.78, 5) is 9.97. The van der Waals surface area contributed by atoms with Gasteiger partial charge in [0.1, 0.15) is 10.8 Å². The van der Waals surface area contributed by atoms with Crippen LogP contribution in [0.1, 0.15) is 29.4 Å². The van der Waals surface area contributed by atoms with E-state index in [1.165, 1.54) is 4.88 Å². The van der Waals surface area contributed by atoms with E-state index in [9.17, 15) is 0 Å². The number of nitrogens with two attached hydrogens (primary N) is 1. The molecule has 0 atom stereocenters. The molecule has 5 nitrogen and oxygen atoms in total. The SMILES string of the molecule is Cc1nc(CN=C(N)Nc2ccc(OC(C)C)cc2)sc1C.I. The fourth-order valence-corrected chi connectivity index (χ4v) is 2.69. The molecule has 2 rings (SSSR count). The molecule has 0 radical (unpaired) electrons. The number of ether oxygens (including phenoxy) is 1. The molecule has 126 valence electrons. The van der Waals surface area contributed by atoms with Crippen molar-refractivity contribution in [1.82, 2.24) is 4.98 Å². The van der Waals surface area contributed by atoms with Crippen molar-refractivity contribution in [3.63, 3.8) is 0 Å². The molecule has 0 aliphatic carbocycles. The van der Waals surface area contributed by atoms with Crippen LogP contribution in [0.15, 0.2) is 29.3 Å². The molecule has 0 spiro atoms. The molecular weight excluding hydrogens is 423 g/mol. The minimum atomic E-state index is 0. The molecule has 1 aromatic carbocycles. The van der Waals surface area contributed by atoms with Crippen LogP contribution >= 0.6 is 35.3 Å². The Morgan fingerprint density at radius 2 is 1.96 bits per heavy atom. The maximum absolute atomic E-state index is 5.90. The number of hydrogen-bond acceptors (Lipinski definition) is 4. The van der Waals surface area contributed by atoms with E-state index in [0.717, 1.165) is 22.1 Å². The van der Waals surface area contributed by atoms with Crippen LogP contribution in [0.4, 0.5) is 5.69 Å². The Balaban J connectivity index is 0.00000264. The molecule has 0 amide bonds. The smallest absolute Gasteiger partial charge is 0.193 e. The normalized spacial score (nSPS) is 11.3. The van der Waals surface area contributed by atoms with Crippen molar-refractivity contribution in [3.05, 3.63) is 39.8 Å².